The molecule has 3 rings (SSSR count). The van der Waals surface area contributed by atoms with Gasteiger partial charge >= 0.3 is 0 Å². The van der Waals surface area contributed by atoms with E-state index in [0.717, 1.165) is 54.1 Å². The maximum Gasteiger partial charge on any atom is 0.242 e. The standard InChI is InChI=1S/C26H33ClN2O3S/c1-19(26(31)28-22-8-3-4-9-22)29(18-20-7-5-10-23(17-20)32-2)25(30)11-6-16-33-24-14-12-21(27)13-15-24/h5,7,10,12-15,17,19,22H,3-4,6,8-9,11,16,18H2,1-2H3,(H,28,31)/t19-/m0/s1. The van der Waals surface area contributed by atoms with E-state index in [1.165, 1.54) is 0 Å². The maximum absolute atomic E-state index is 13.2. The summed E-state index contributed by atoms with van der Waals surface area (Å²) >= 11 is 7.65. The van der Waals surface area contributed by atoms with Crippen LogP contribution in [0.3, 0.4) is 0 Å². The zero-order chi connectivity index (χ0) is 23.6. The second-order valence-electron chi connectivity index (χ2n) is 8.45. The Balaban J connectivity index is 1.61. The summed E-state index contributed by atoms with van der Waals surface area (Å²) < 4.78 is 5.33. The molecule has 0 saturated heterocycles. The Labute approximate surface area is 206 Å². The molecule has 33 heavy (non-hydrogen) atoms. The first-order chi connectivity index (χ1) is 16.0. The van der Waals surface area contributed by atoms with Crippen molar-refractivity contribution in [3.63, 3.8) is 0 Å². The molecule has 0 unspecified atom stereocenters. The van der Waals surface area contributed by atoms with Crippen molar-refractivity contribution in [3.05, 3.63) is 59.1 Å². The fourth-order valence-corrected chi connectivity index (χ4v) is 5.01. The molecule has 1 fully saturated rings. The van der Waals surface area contributed by atoms with Crippen molar-refractivity contribution in [2.24, 2.45) is 0 Å². The summed E-state index contributed by atoms with van der Waals surface area (Å²) in [5.41, 5.74) is 0.943. The topological polar surface area (TPSA) is 58.6 Å². The molecule has 0 spiro atoms. The molecule has 1 aliphatic rings. The van der Waals surface area contributed by atoms with Gasteiger partial charge in [-0.1, -0.05) is 36.6 Å². The summed E-state index contributed by atoms with van der Waals surface area (Å²) in [5.74, 6) is 1.47. The Hall–Kier alpha value is -2.18. The van der Waals surface area contributed by atoms with Crippen LogP contribution in [-0.2, 0) is 16.1 Å². The van der Waals surface area contributed by atoms with Gasteiger partial charge in [-0.3, -0.25) is 9.59 Å². The lowest BCUT2D eigenvalue weighted by atomic mass is 10.1. The summed E-state index contributed by atoms with van der Waals surface area (Å²) in [6, 6.07) is 15.1. The molecule has 2 aromatic carbocycles. The van der Waals surface area contributed by atoms with E-state index < -0.39 is 6.04 Å². The monoisotopic (exact) mass is 488 g/mol. The van der Waals surface area contributed by atoms with Crippen LogP contribution in [0.2, 0.25) is 5.02 Å². The molecule has 5 nitrogen and oxygen atoms in total. The normalized spacial score (nSPS) is 14.6. The van der Waals surface area contributed by atoms with Crippen LogP contribution in [0, 0.1) is 0 Å². The Morgan fingerprint density at radius 1 is 1.18 bits per heavy atom. The lowest BCUT2D eigenvalue weighted by molar-refractivity contribution is -0.140. The van der Waals surface area contributed by atoms with Gasteiger partial charge in [0.1, 0.15) is 11.8 Å². The molecule has 7 heteroatoms. The minimum Gasteiger partial charge on any atom is -0.497 e. The summed E-state index contributed by atoms with van der Waals surface area (Å²) in [6.07, 6.45) is 5.46. The molecule has 2 aromatic rings. The van der Waals surface area contributed by atoms with Crippen LogP contribution in [0.5, 0.6) is 5.75 Å². The van der Waals surface area contributed by atoms with E-state index in [1.807, 2.05) is 55.5 Å². The van der Waals surface area contributed by atoms with Crippen molar-refractivity contribution in [1.82, 2.24) is 10.2 Å². The number of methoxy groups -OCH3 is 1. The van der Waals surface area contributed by atoms with Crippen LogP contribution in [-0.4, -0.2) is 41.7 Å². The summed E-state index contributed by atoms with van der Waals surface area (Å²) in [6.45, 7) is 2.20. The second kappa shape index (κ2) is 12.9. The van der Waals surface area contributed by atoms with Crippen molar-refractivity contribution in [2.45, 2.75) is 69.0 Å². The van der Waals surface area contributed by atoms with Gasteiger partial charge in [-0.15, -0.1) is 11.8 Å². The van der Waals surface area contributed by atoms with Gasteiger partial charge in [-0.25, -0.2) is 0 Å². The number of hydrogen-bond acceptors (Lipinski definition) is 4. The predicted octanol–water partition coefficient (Wildman–Crippen LogP) is 5.70. The zero-order valence-corrected chi connectivity index (χ0v) is 21.0. The van der Waals surface area contributed by atoms with Crippen molar-refractivity contribution in [2.75, 3.05) is 12.9 Å². The van der Waals surface area contributed by atoms with Gasteiger partial charge in [-0.2, -0.15) is 0 Å². The van der Waals surface area contributed by atoms with Crippen LogP contribution < -0.4 is 10.1 Å². The number of carbonyl (C=O) groups excluding carboxylic acids is 2. The number of thioether (sulfide) groups is 1. The van der Waals surface area contributed by atoms with E-state index in [9.17, 15) is 9.59 Å². The van der Waals surface area contributed by atoms with E-state index >= 15 is 0 Å². The van der Waals surface area contributed by atoms with Crippen LogP contribution in [0.1, 0.15) is 51.0 Å². The largest absolute Gasteiger partial charge is 0.497 e. The number of benzene rings is 2. The number of nitrogens with one attached hydrogen (secondary N) is 1. The van der Waals surface area contributed by atoms with E-state index in [2.05, 4.69) is 5.32 Å². The number of ether oxygens (including phenoxy) is 1. The lowest BCUT2D eigenvalue weighted by Crippen LogP contribution is -2.49. The van der Waals surface area contributed by atoms with Gasteiger partial charge in [0.2, 0.25) is 11.8 Å². The molecule has 1 atom stereocenters. The molecule has 0 aliphatic heterocycles. The fourth-order valence-electron chi connectivity index (χ4n) is 4.03. The Bertz CT molecular complexity index is 916. The van der Waals surface area contributed by atoms with Gasteiger partial charge in [0.15, 0.2) is 0 Å². The molecule has 0 bridgehead atoms. The highest BCUT2D eigenvalue weighted by Gasteiger charge is 2.28. The minimum atomic E-state index is -0.534. The molecule has 0 aromatic heterocycles. The minimum absolute atomic E-state index is 0.0106. The first kappa shape index (κ1) is 25.4. The number of carbonyl (C=O) groups is 2. The third-order valence-electron chi connectivity index (χ3n) is 5.97. The highest BCUT2D eigenvalue weighted by atomic mass is 35.5. The first-order valence-electron chi connectivity index (χ1n) is 11.6. The Morgan fingerprint density at radius 3 is 2.61 bits per heavy atom. The highest BCUT2D eigenvalue weighted by Crippen LogP contribution is 2.23. The van der Waals surface area contributed by atoms with Crippen LogP contribution >= 0.6 is 23.4 Å². The Morgan fingerprint density at radius 2 is 1.91 bits per heavy atom. The quantitative estimate of drug-likeness (QED) is 0.325. The molecule has 0 radical (unpaired) electrons. The van der Waals surface area contributed by atoms with Gasteiger partial charge in [0, 0.05) is 28.9 Å². The number of amides is 2. The van der Waals surface area contributed by atoms with Gasteiger partial charge in [0.05, 0.1) is 7.11 Å². The van der Waals surface area contributed by atoms with Crippen LogP contribution in [0.4, 0.5) is 0 Å². The third kappa shape index (κ3) is 7.97. The van der Waals surface area contributed by atoms with Gasteiger partial charge in [0.25, 0.3) is 0 Å². The second-order valence-corrected chi connectivity index (χ2v) is 10.0. The summed E-state index contributed by atoms with van der Waals surface area (Å²) in [7, 11) is 1.62. The van der Waals surface area contributed by atoms with E-state index in [0.29, 0.717) is 18.0 Å². The molecular formula is C26H33ClN2O3S. The van der Waals surface area contributed by atoms with E-state index in [1.54, 1.807) is 23.8 Å². The average Bonchev–Trinajstić information content (AvgIpc) is 3.34. The molecule has 0 heterocycles. The maximum atomic E-state index is 13.2. The van der Waals surface area contributed by atoms with Crippen molar-refractivity contribution >= 4 is 35.2 Å². The number of rotatable bonds is 11. The van der Waals surface area contributed by atoms with Gasteiger partial charge < -0.3 is 15.0 Å². The zero-order valence-electron chi connectivity index (χ0n) is 19.4. The summed E-state index contributed by atoms with van der Waals surface area (Å²) in [5, 5.41) is 3.86. The summed E-state index contributed by atoms with van der Waals surface area (Å²) in [4.78, 5) is 29.0. The lowest BCUT2D eigenvalue weighted by Gasteiger charge is -2.30. The SMILES string of the molecule is COc1cccc(CN(C(=O)CCCSc2ccc(Cl)cc2)[C@@H](C)C(=O)NC2CCCC2)c1. The first-order valence-corrected chi connectivity index (χ1v) is 12.9. The van der Waals surface area contributed by atoms with Crippen molar-refractivity contribution in [1.29, 1.82) is 0 Å². The average molecular weight is 489 g/mol. The third-order valence-corrected chi connectivity index (χ3v) is 7.32. The number of halogens is 1. The van der Waals surface area contributed by atoms with E-state index in [4.69, 9.17) is 16.3 Å². The molecule has 1 N–H and O–H groups in total. The fraction of sp³-hybridized carbons (Fsp3) is 0.462. The molecule has 178 valence electrons. The molecule has 1 aliphatic carbocycles. The highest BCUT2D eigenvalue weighted by molar-refractivity contribution is 7.99. The van der Waals surface area contributed by atoms with Gasteiger partial charge in [-0.05, 0) is 73.9 Å². The smallest absolute Gasteiger partial charge is 0.242 e. The number of nitrogens with zero attached hydrogens (tertiary/aromatic N) is 1. The van der Waals surface area contributed by atoms with Crippen molar-refractivity contribution in [3.8, 4) is 5.75 Å². The van der Waals surface area contributed by atoms with Crippen LogP contribution in [0.25, 0.3) is 0 Å². The van der Waals surface area contributed by atoms with E-state index in [-0.39, 0.29) is 17.9 Å². The molecule has 1 saturated carbocycles. The number of hydrogen-bond donors (Lipinski definition) is 1. The van der Waals surface area contributed by atoms with Crippen molar-refractivity contribution < 1.29 is 14.3 Å². The molecular weight excluding hydrogens is 456 g/mol. The van der Waals surface area contributed by atoms with Crippen LogP contribution in [0.15, 0.2) is 53.4 Å². The Kier molecular flexibility index (Phi) is 9.95. The molecule has 2 amide bonds. The predicted molar refractivity (Wildman–Crippen MR) is 135 cm³/mol.